The topological polar surface area (TPSA) is 13.1 Å². The van der Waals surface area contributed by atoms with Crippen LogP contribution in [-0.2, 0) is 0 Å². The number of para-hydroxylation sites is 6. The Hall–Kier alpha value is -6.58. The van der Waals surface area contributed by atoms with Crippen LogP contribution in [0.15, 0.2) is 188 Å². The minimum atomic E-state index is -1.38. The summed E-state index contributed by atoms with van der Waals surface area (Å²) in [6.07, 6.45) is 0. The van der Waals surface area contributed by atoms with E-state index < -0.39 is 178 Å². The van der Waals surface area contributed by atoms with Gasteiger partial charge < -0.3 is 14.0 Å². The Morgan fingerprint density at radius 1 is 0.471 bits per heavy atom. The number of rotatable bonds is 4. The molecule has 0 spiro atoms. The van der Waals surface area contributed by atoms with Crippen molar-refractivity contribution in [2.75, 3.05) is 4.90 Å². The van der Waals surface area contributed by atoms with E-state index in [0.717, 1.165) is 4.57 Å². The van der Waals surface area contributed by atoms with E-state index in [0.29, 0.717) is 5.69 Å². The molecule has 3 heterocycles. The predicted octanol–water partition coefficient (Wildman–Crippen LogP) is 12.3. The highest BCUT2D eigenvalue weighted by Gasteiger charge is 2.39. The minimum Gasteiger partial charge on any atom is -0.333 e. The Morgan fingerprint density at radius 2 is 1.10 bits per heavy atom. The second kappa shape index (κ2) is 11.0. The smallest absolute Gasteiger partial charge is 0.0652 e. The largest absolute Gasteiger partial charge is 0.333 e. The maximum atomic E-state index is 10.2. The molecule has 0 amide bonds. The number of fused-ring (bicyclic) bond motifs is 9. The number of nitrogens with zero attached hydrogens (tertiary/aromatic N) is 3. The predicted molar refractivity (Wildman–Crippen MR) is 214 cm³/mol. The van der Waals surface area contributed by atoms with Gasteiger partial charge in [-0.15, -0.1) is 0 Å². The molecule has 11 rings (SSSR count). The number of aromatic nitrogens is 2. The Balaban J connectivity index is 1.43. The molecule has 1 aliphatic heterocycles. The summed E-state index contributed by atoms with van der Waals surface area (Å²) in [5.74, 6) is -1.38. The van der Waals surface area contributed by atoms with Crippen molar-refractivity contribution in [1.29, 1.82) is 0 Å². The third-order valence-electron chi connectivity index (χ3n) is 9.41. The summed E-state index contributed by atoms with van der Waals surface area (Å²) in [5, 5.41) is -1.39. The Bertz CT molecular complexity index is 4070. The fourth-order valence-corrected chi connectivity index (χ4v) is 7.34. The molecule has 51 heavy (non-hydrogen) atoms. The monoisotopic (exact) mass is 672 g/mol. The third-order valence-corrected chi connectivity index (χ3v) is 9.41. The van der Waals surface area contributed by atoms with E-state index in [4.69, 9.17) is 9.60 Å². The molecule has 7 aromatic carbocycles. The summed E-state index contributed by atoms with van der Waals surface area (Å²) >= 11 is 0. The van der Waals surface area contributed by atoms with Crippen LogP contribution in [0.25, 0.3) is 66.1 Å². The van der Waals surface area contributed by atoms with Crippen LogP contribution in [0, 0.1) is 0 Å². The summed E-state index contributed by atoms with van der Waals surface area (Å²) in [6.45, 7) is 0. The van der Waals surface area contributed by atoms with E-state index in [-0.39, 0.29) is 38.7 Å². The Morgan fingerprint density at radius 3 is 1.90 bits per heavy atom. The van der Waals surface area contributed by atoms with Gasteiger partial charge in [-0.2, -0.15) is 0 Å². The number of anilines is 2. The summed E-state index contributed by atoms with van der Waals surface area (Å²) in [6, 6.07) is 0.481. The zero-order valence-electron chi connectivity index (χ0n) is 47.3. The van der Waals surface area contributed by atoms with Crippen LogP contribution in [0.5, 0.6) is 0 Å². The molecule has 2 aliphatic rings. The lowest BCUT2D eigenvalue weighted by Gasteiger charge is -2.30. The van der Waals surface area contributed by atoms with E-state index >= 15 is 0 Å². The fourth-order valence-electron chi connectivity index (χ4n) is 7.34. The zero-order valence-corrected chi connectivity index (χ0v) is 26.3. The minimum absolute atomic E-state index is 0.154. The highest BCUT2D eigenvalue weighted by molar-refractivity contribution is 6.16. The molecule has 0 bridgehead atoms. The van der Waals surface area contributed by atoms with Gasteiger partial charge in [0.2, 0.25) is 0 Å². The van der Waals surface area contributed by atoms with E-state index in [9.17, 15) is 19.2 Å². The lowest BCUT2D eigenvalue weighted by Crippen LogP contribution is -2.28. The van der Waals surface area contributed by atoms with Gasteiger partial charge in [0.15, 0.2) is 0 Å². The molecule has 9 aromatic rings. The van der Waals surface area contributed by atoms with E-state index in [2.05, 4.69) is 0 Å². The molecule has 0 saturated heterocycles. The number of hydrogen-bond donors (Lipinski definition) is 0. The van der Waals surface area contributed by atoms with Gasteiger partial charge in [-0.3, -0.25) is 0 Å². The van der Waals surface area contributed by atoms with Crippen molar-refractivity contribution in [2.45, 2.75) is 12.0 Å². The molecule has 2 unspecified atom stereocenters. The Labute approximate surface area is 325 Å². The maximum absolute atomic E-state index is 10.2. The average molecular weight is 673 g/mol. The molecule has 0 N–H and O–H groups in total. The van der Waals surface area contributed by atoms with Crippen LogP contribution in [0.2, 0.25) is 0 Å². The normalized spacial score (nSPS) is 23.0. The second-order valence-electron chi connectivity index (χ2n) is 12.1. The molecule has 0 radical (unpaired) electrons. The standard InChI is InChI=1S/C48H33N3/c1-3-15-32(16-4-1)49-43-26-10-9-21-37(43)42-31-34(29-30-46(42)49)51-45-28-12-8-20-36(45)39-23-14-25-41(48(39)51)40-24-13-22-38-35-19-7-11-27-44(35)50(47(38)40)33-17-5-2-6-18-33/h1-31,35,44H/i7D,8D,9D,10D,11D,12D,13D,14D,19D,20D,21D,22D,23D,24D,25D,26D,27D,28D,29D,30D,31D. The summed E-state index contributed by atoms with van der Waals surface area (Å²) in [5.41, 5.74) is -2.65. The summed E-state index contributed by atoms with van der Waals surface area (Å²) in [4.78, 5) is 1.44. The van der Waals surface area contributed by atoms with E-state index in [1.54, 1.807) is 60.7 Å². The first kappa shape index (κ1) is 14.7. The molecule has 2 aromatic heterocycles. The number of allylic oxidation sites excluding steroid dienone is 2. The van der Waals surface area contributed by atoms with Crippen molar-refractivity contribution in [1.82, 2.24) is 9.13 Å². The van der Waals surface area contributed by atoms with Crippen LogP contribution in [0.4, 0.5) is 11.4 Å². The van der Waals surface area contributed by atoms with Crippen molar-refractivity contribution in [2.24, 2.45) is 0 Å². The zero-order chi connectivity index (χ0) is 51.7. The highest BCUT2D eigenvalue weighted by Crippen LogP contribution is 2.53. The van der Waals surface area contributed by atoms with Crippen molar-refractivity contribution < 1.29 is 28.8 Å². The average Bonchev–Trinajstić information content (AvgIpc) is 4.05. The third kappa shape index (κ3) is 4.06. The van der Waals surface area contributed by atoms with Gasteiger partial charge >= 0.3 is 0 Å². The molecule has 0 fully saturated rings. The molecule has 240 valence electrons. The van der Waals surface area contributed by atoms with Gasteiger partial charge in [-0.1, -0.05) is 133 Å². The number of hydrogen-bond acceptors (Lipinski definition) is 1. The molecule has 2 atom stereocenters. The molecular weight excluding hydrogens is 619 g/mol. The van der Waals surface area contributed by atoms with Crippen LogP contribution in [0.1, 0.15) is 40.3 Å². The van der Waals surface area contributed by atoms with Gasteiger partial charge in [0.05, 0.1) is 62.6 Å². The second-order valence-corrected chi connectivity index (χ2v) is 12.1. The van der Waals surface area contributed by atoms with E-state index in [1.165, 1.54) is 9.47 Å². The molecule has 0 saturated carbocycles. The molecule has 3 heteroatoms. The molecular formula is C48H33N3. The summed E-state index contributed by atoms with van der Waals surface area (Å²) < 4.78 is 197. The lowest BCUT2D eigenvalue weighted by atomic mass is 9.90. The first-order valence-electron chi connectivity index (χ1n) is 26.6. The Kier molecular flexibility index (Phi) is 3.16. The van der Waals surface area contributed by atoms with Crippen LogP contribution in [-0.4, -0.2) is 15.2 Å². The van der Waals surface area contributed by atoms with Gasteiger partial charge in [-0.25, -0.2) is 0 Å². The molecule has 3 nitrogen and oxygen atoms in total. The van der Waals surface area contributed by atoms with Gasteiger partial charge in [-0.05, 0) is 60.0 Å². The fraction of sp³-hybridized carbons (Fsp3) is 0.0417. The van der Waals surface area contributed by atoms with Crippen molar-refractivity contribution >= 4 is 55.0 Å². The van der Waals surface area contributed by atoms with E-state index in [1.807, 2.05) is 0 Å². The van der Waals surface area contributed by atoms with Crippen molar-refractivity contribution in [3.63, 3.8) is 0 Å². The van der Waals surface area contributed by atoms with Gasteiger partial charge in [0.25, 0.3) is 0 Å². The molecule has 1 aliphatic carbocycles. The summed E-state index contributed by atoms with van der Waals surface area (Å²) in [7, 11) is 0. The SMILES string of the molecule is [2H]C1=C([2H])C2c3c([2H])c([2H])c([2H])c(-c4c([2H])c([2H])c([2H])c5c6c([2H])c([2H])c([2H])c([2H])c6n(-c6c([2H])c([2H])c7c(c6[2H])c6c([2H])c([2H])c([2H])c([2H])c6n7-c6ccccc6)c45)c3N(c3ccccc3)C2C([2H])=C1[2H]. The highest BCUT2D eigenvalue weighted by atomic mass is 15.2. The van der Waals surface area contributed by atoms with Crippen LogP contribution in [0.3, 0.4) is 0 Å². The quantitative estimate of drug-likeness (QED) is 0.181. The van der Waals surface area contributed by atoms with Gasteiger partial charge in [0, 0.05) is 55.7 Å². The number of benzene rings is 7. The first-order chi connectivity index (χ1) is 34.1. The van der Waals surface area contributed by atoms with Crippen molar-refractivity contribution in [3.8, 4) is 22.5 Å². The maximum Gasteiger partial charge on any atom is 0.0652 e. The van der Waals surface area contributed by atoms with Gasteiger partial charge in [0.1, 0.15) is 0 Å². The first-order valence-corrected chi connectivity index (χ1v) is 16.1. The lowest BCUT2D eigenvalue weighted by molar-refractivity contribution is 0.745. The van der Waals surface area contributed by atoms with Crippen LogP contribution >= 0.6 is 0 Å². The van der Waals surface area contributed by atoms with Crippen molar-refractivity contribution in [3.05, 3.63) is 193 Å². The van der Waals surface area contributed by atoms with Crippen LogP contribution < -0.4 is 4.90 Å².